The summed E-state index contributed by atoms with van der Waals surface area (Å²) in [5.74, 6) is 0.263. The molecular weight excluding hydrogens is 236 g/mol. The minimum atomic E-state index is 0.112. The molecule has 0 aromatic heterocycles. The van der Waals surface area contributed by atoms with Gasteiger partial charge in [-0.25, -0.2) is 0 Å². The fourth-order valence-electron chi connectivity index (χ4n) is 3.01. The molecule has 0 heterocycles. The highest BCUT2D eigenvalue weighted by molar-refractivity contribution is 5.94. The molecule has 1 aliphatic carbocycles. The Labute approximate surface area is 115 Å². The molecule has 19 heavy (non-hydrogen) atoms. The molecule has 3 nitrogen and oxygen atoms in total. The third-order valence-electron chi connectivity index (χ3n) is 4.44. The van der Waals surface area contributed by atoms with Gasteiger partial charge < -0.3 is 11.1 Å². The van der Waals surface area contributed by atoms with E-state index >= 15 is 0 Å². The maximum absolute atomic E-state index is 12.4. The van der Waals surface area contributed by atoms with Crippen molar-refractivity contribution >= 4 is 17.3 Å². The molecule has 1 saturated carbocycles. The van der Waals surface area contributed by atoms with Crippen molar-refractivity contribution in [1.82, 2.24) is 0 Å². The first-order valence-corrected chi connectivity index (χ1v) is 6.99. The van der Waals surface area contributed by atoms with Crippen molar-refractivity contribution in [3.63, 3.8) is 0 Å². The van der Waals surface area contributed by atoms with Crippen LogP contribution >= 0.6 is 0 Å². The van der Waals surface area contributed by atoms with Crippen LogP contribution in [-0.2, 0) is 4.79 Å². The second-order valence-electron chi connectivity index (χ2n) is 6.45. The highest BCUT2D eigenvalue weighted by atomic mass is 16.1. The van der Waals surface area contributed by atoms with E-state index in [2.05, 4.69) is 19.2 Å². The van der Waals surface area contributed by atoms with Crippen molar-refractivity contribution in [2.75, 3.05) is 11.1 Å². The average molecular weight is 260 g/mol. The molecule has 104 valence electrons. The van der Waals surface area contributed by atoms with E-state index in [0.29, 0.717) is 0 Å². The number of rotatable bonds is 2. The van der Waals surface area contributed by atoms with Crippen molar-refractivity contribution in [3.8, 4) is 0 Å². The van der Waals surface area contributed by atoms with Crippen LogP contribution in [0, 0.1) is 25.2 Å². The van der Waals surface area contributed by atoms with Crippen LogP contribution in [0.3, 0.4) is 0 Å². The second-order valence-corrected chi connectivity index (χ2v) is 6.45. The Balaban J connectivity index is 2.18. The fourth-order valence-corrected chi connectivity index (χ4v) is 3.01. The normalized spacial score (nSPS) is 21.4. The van der Waals surface area contributed by atoms with Gasteiger partial charge in [0.1, 0.15) is 0 Å². The van der Waals surface area contributed by atoms with Crippen molar-refractivity contribution in [2.45, 2.75) is 47.0 Å². The molecule has 2 rings (SSSR count). The molecule has 1 fully saturated rings. The third-order valence-corrected chi connectivity index (χ3v) is 4.44. The third kappa shape index (κ3) is 2.75. The van der Waals surface area contributed by atoms with E-state index in [1.165, 1.54) is 0 Å². The summed E-state index contributed by atoms with van der Waals surface area (Å²) in [6, 6.07) is 3.88. The van der Waals surface area contributed by atoms with E-state index in [-0.39, 0.29) is 17.2 Å². The lowest BCUT2D eigenvalue weighted by atomic mass is 9.81. The van der Waals surface area contributed by atoms with Gasteiger partial charge in [0.25, 0.3) is 0 Å². The standard InChI is InChI=1S/C16H24N2O/c1-10-9-14(11(2)8-13(10)17)18-15(19)12-6-5-7-16(12,3)4/h8-9,12H,5-7,17H2,1-4H3,(H,18,19). The zero-order valence-electron chi connectivity index (χ0n) is 12.3. The van der Waals surface area contributed by atoms with E-state index in [0.717, 1.165) is 41.8 Å². The molecule has 0 spiro atoms. The monoisotopic (exact) mass is 260 g/mol. The van der Waals surface area contributed by atoms with Crippen molar-refractivity contribution in [2.24, 2.45) is 11.3 Å². The second kappa shape index (κ2) is 4.87. The smallest absolute Gasteiger partial charge is 0.228 e. The first-order chi connectivity index (χ1) is 8.81. The van der Waals surface area contributed by atoms with Crippen LogP contribution in [-0.4, -0.2) is 5.91 Å². The molecule has 1 aromatic rings. The lowest BCUT2D eigenvalue weighted by molar-refractivity contribution is -0.122. The van der Waals surface area contributed by atoms with E-state index < -0.39 is 0 Å². The summed E-state index contributed by atoms with van der Waals surface area (Å²) in [5, 5.41) is 3.08. The minimum absolute atomic E-state index is 0.112. The van der Waals surface area contributed by atoms with Crippen LogP contribution < -0.4 is 11.1 Å². The Morgan fingerprint density at radius 3 is 2.58 bits per heavy atom. The number of hydrogen-bond acceptors (Lipinski definition) is 2. The van der Waals surface area contributed by atoms with Gasteiger partial charge >= 0.3 is 0 Å². The zero-order valence-corrected chi connectivity index (χ0v) is 12.3. The summed E-state index contributed by atoms with van der Waals surface area (Å²) in [5.41, 5.74) is 9.67. The predicted octanol–water partition coefficient (Wildman–Crippen LogP) is 3.65. The molecule has 1 unspecified atom stereocenters. The maximum atomic E-state index is 12.4. The molecule has 0 radical (unpaired) electrons. The van der Waals surface area contributed by atoms with Gasteiger partial charge in [-0.05, 0) is 55.4 Å². The van der Waals surface area contributed by atoms with Gasteiger partial charge in [0.05, 0.1) is 0 Å². The van der Waals surface area contributed by atoms with Crippen LogP contribution in [0.2, 0.25) is 0 Å². The molecule has 1 aromatic carbocycles. The lowest BCUT2D eigenvalue weighted by Crippen LogP contribution is -2.31. The number of nitrogens with two attached hydrogens (primary N) is 1. The summed E-state index contributed by atoms with van der Waals surface area (Å²) in [6.07, 6.45) is 3.27. The number of aryl methyl sites for hydroxylation is 2. The van der Waals surface area contributed by atoms with Gasteiger partial charge in [0, 0.05) is 17.3 Å². The zero-order chi connectivity index (χ0) is 14.2. The maximum Gasteiger partial charge on any atom is 0.228 e. The Bertz CT molecular complexity index is 506. The summed E-state index contributed by atoms with van der Waals surface area (Å²) in [4.78, 5) is 12.4. The van der Waals surface area contributed by atoms with Gasteiger partial charge in [-0.1, -0.05) is 20.3 Å². The first-order valence-electron chi connectivity index (χ1n) is 6.99. The van der Waals surface area contributed by atoms with E-state index in [1.807, 2.05) is 26.0 Å². The van der Waals surface area contributed by atoms with Crippen LogP contribution in [0.5, 0.6) is 0 Å². The van der Waals surface area contributed by atoms with Gasteiger partial charge in [-0.15, -0.1) is 0 Å². The summed E-state index contributed by atoms with van der Waals surface area (Å²) < 4.78 is 0. The predicted molar refractivity (Wildman–Crippen MR) is 80.1 cm³/mol. The summed E-state index contributed by atoms with van der Waals surface area (Å²) >= 11 is 0. The Kier molecular flexibility index (Phi) is 3.57. The largest absolute Gasteiger partial charge is 0.399 e. The minimum Gasteiger partial charge on any atom is -0.399 e. The van der Waals surface area contributed by atoms with Gasteiger partial charge in [-0.2, -0.15) is 0 Å². The summed E-state index contributed by atoms with van der Waals surface area (Å²) in [7, 11) is 0. The summed E-state index contributed by atoms with van der Waals surface area (Å²) in [6.45, 7) is 8.31. The molecule has 1 amide bonds. The molecule has 1 aliphatic rings. The molecule has 0 saturated heterocycles. The van der Waals surface area contributed by atoms with E-state index in [4.69, 9.17) is 5.73 Å². The van der Waals surface area contributed by atoms with Crippen molar-refractivity contribution in [1.29, 1.82) is 0 Å². The van der Waals surface area contributed by atoms with Gasteiger partial charge in [0.2, 0.25) is 5.91 Å². The van der Waals surface area contributed by atoms with Crippen LogP contribution in [0.25, 0.3) is 0 Å². The van der Waals surface area contributed by atoms with Crippen LogP contribution in [0.1, 0.15) is 44.2 Å². The SMILES string of the molecule is Cc1cc(NC(=O)C2CCCC2(C)C)c(C)cc1N. The Hall–Kier alpha value is -1.51. The van der Waals surface area contributed by atoms with Crippen molar-refractivity contribution in [3.05, 3.63) is 23.3 Å². The molecule has 3 N–H and O–H groups in total. The van der Waals surface area contributed by atoms with Crippen molar-refractivity contribution < 1.29 is 4.79 Å². The molecule has 3 heteroatoms. The molecule has 0 aliphatic heterocycles. The van der Waals surface area contributed by atoms with Gasteiger partial charge in [-0.3, -0.25) is 4.79 Å². The lowest BCUT2D eigenvalue weighted by Gasteiger charge is -2.26. The average Bonchev–Trinajstić information content (AvgIpc) is 2.65. The number of carbonyl (C=O) groups is 1. The fraction of sp³-hybridized carbons (Fsp3) is 0.562. The quantitative estimate of drug-likeness (QED) is 0.797. The van der Waals surface area contributed by atoms with Gasteiger partial charge in [0.15, 0.2) is 0 Å². The number of hydrogen-bond donors (Lipinski definition) is 2. The number of nitrogens with one attached hydrogen (secondary N) is 1. The van der Waals surface area contributed by atoms with E-state index in [9.17, 15) is 4.79 Å². The highest BCUT2D eigenvalue weighted by Crippen LogP contribution is 2.43. The molecule has 1 atom stereocenters. The highest BCUT2D eigenvalue weighted by Gasteiger charge is 2.39. The van der Waals surface area contributed by atoms with Crippen LogP contribution in [0.4, 0.5) is 11.4 Å². The number of carbonyl (C=O) groups excluding carboxylic acids is 1. The Morgan fingerprint density at radius 2 is 2.00 bits per heavy atom. The Morgan fingerprint density at radius 1 is 1.32 bits per heavy atom. The molecular formula is C16H24N2O. The number of amides is 1. The topological polar surface area (TPSA) is 55.1 Å². The molecule has 0 bridgehead atoms. The van der Waals surface area contributed by atoms with Crippen LogP contribution in [0.15, 0.2) is 12.1 Å². The van der Waals surface area contributed by atoms with E-state index in [1.54, 1.807) is 0 Å². The number of benzene rings is 1. The number of anilines is 2. The first kappa shape index (κ1) is 13.9. The number of nitrogen functional groups attached to an aromatic ring is 1.